The number of benzene rings is 1. The van der Waals surface area contributed by atoms with Gasteiger partial charge in [-0.3, -0.25) is 9.69 Å². The molecule has 0 bridgehead atoms. The van der Waals surface area contributed by atoms with E-state index in [0.717, 1.165) is 62.8 Å². The molecule has 1 aliphatic carbocycles. The largest absolute Gasteiger partial charge is 0.489 e. The Kier molecular flexibility index (Phi) is 10.4. The van der Waals surface area contributed by atoms with E-state index in [1.54, 1.807) is 6.08 Å². The molecule has 1 heterocycles. The second kappa shape index (κ2) is 12.8. The number of halogens is 1. The van der Waals surface area contributed by atoms with Gasteiger partial charge in [-0.15, -0.1) is 24.0 Å². The minimum atomic E-state index is 0. The van der Waals surface area contributed by atoms with E-state index in [-0.39, 0.29) is 29.9 Å². The van der Waals surface area contributed by atoms with Gasteiger partial charge in [-0.25, -0.2) is 4.99 Å². The third-order valence-corrected chi connectivity index (χ3v) is 5.04. The molecule has 0 spiro atoms. The molecule has 1 saturated carbocycles. The maximum Gasteiger partial charge on any atom is 0.234 e. The van der Waals surface area contributed by atoms with Crippen molar-refractivity contribution in [3.63, 3.8) is 0 Å². The predicted molar refractivity (Wildman–Crippen MR) is 132 cm³/mol. The molecule has 0 aromatic heterocycles. The number of para-hydroxylation sites is 1. The van der Waals surface area contributed by atoms with Crippen LogP contribution >= 0.6 is 24.0 Å². The summed E-state index contributed by atoms with van der Waals surface area (Å²) in [5.41, 5.74) is 1.06. The van der Waals surface area contributed by atoms with Crippen molar-refractivity contribution in [1.29, 1.82) is 0 Å². The van der Waals surface area contributed by atoms with Gasteiger partial charge in [-0.1, -0.05) is 30.9 Å². The molecule has 7 nitrogen and oxygen atoms in total. The fraction of sp³-hybridized carbons (Fsp3) is 0.545. The van der Waals surface area contributed by atoms with Gasteiger partial charge in [0, 0.05) is 44.3 Å². The third-order valence-electron chi connectivity index (χ3n) is 5.04. The molecule has 1 saturated heterocycles. The number of amides is 1. The summed E-state index contributed by atoms with van der Waals surface area (Å²) in [6, 6.07) is 8.41. The van der Waals surface area contributed by atoms with Gasteiger partial charge < -0.3 is 20.3 Å². The molecule has 30 heavy (non-hydrogen) atoms. The van der Waals surface area contributed by atoms with Crippen molar-refractivity contribution in [2.45, 2.75) is 32.4 Å². The van der Waals surface area contributed by atoms with Crippen molar-refractivity contribution in [1.82, 2.24) is 20.4 Å². The lowest BCUT2D eigenvalue weighted by molar-refractivity contribution is -0.122. The van der Waals surface area contributed by atoms with E-state index in [4.69, 9.17) is 9.73 Å². The molecule has 1 aliphatic heterocycles. The molecule has 2 N–H and O–H groups in total. The van der Waals surface area contributed by atoms with E-state index in [0.29, 0.717) is 25.7 Å². The SMILES string of the molecule is C=CCOc1ccccc1CN=C(NCC)N1CCN(CC(=O)NC2CC2)CC1.I. The van der Waals surface area contributed by atoms with Gasteiger partial charge in [0.2, 0.25) is 5.91 Å². The Morgan fingerprint density at radius 3 is 2.67 bits per heavy atom. The molecule has 8 heteroatoms. The summed E-state index contributed by atoms with van der Waals surface area (Å²) in [7, 11) is 0. The van der Waals surface area contributed by atoms with E-state index in [9.17, 15) is 4.79 Å². The van der Waals surface area contributed by atoms with Crippen molar-refractivity contribution < 1.29 is 9.53 Å². The molecule has 166 valence electrons. The van der Waals surface area contributed by atoms with Crippen molar-refractivity contribution in [2.75, 3.05) is 45.9 Å². The summed E-state index contributed by atoms with van der Waals surface area (Å²) in [5, 5.41) is 6.46. The smallest absolute Gasteiger partial charge is 0.234 e. The summed E-state index contributed by atoms with van der Waals surface area (Å²) >= 11 is 0. The highest BCUT2D eigenvalue weighted by Crippen LogP contribution is 2.19. The van der Waals surface area contributed by atoms with Gasteiger partial charge in [-0.05, 0) is 25.8 Å². The van der Waals surface area contributed by atoms with Crippen molar-refractivity contribution in [2.24, 2.45) is 4.99 Å². The number of guanidine groups is 1. The fourth-order valence-electron chi connectivity index (χ4n) is 3.33. The van der Waals surface area contributed by atoms with Crippen molar-refractivity contribution in [3.05, 3.63) is 42.5 Å². The Labute approximate surface area is 197 Å². The second-order valence-electron chi connectivity index (χ2n) is 7.48. The predicted octanol–water partition coefficient (Wildman–Crippen LogP) is 2.23. The van der Waals surface area contributed by atoms with Crippen LogP contribution in [0.1, 0.15) is 25.3 Å². The molecular formula is C22H34IN5O2. The summed E-state index contributed by atoms with van der Waals surface area (Å²) in [4.78, 5) is 21.4. The number of hydrogen-bond donors (Lipinski definition) is 2. The van der Waals surface area contributed by atoms with Crippen LogP contribution in [-0.4, -0.2) is 73.6 Å². The highest BCUT2D eigenvalue weighted by molar-refractivity contribution is 14.0. The maximum absolute atomic E-state index is 12.0. The number of carbonyl (C=O) groups excluding carboxylic acids is 1. The first kappa shape index (κ1) is 24.5. The minimum absolute atomic E-state index is 0. The fourth-order valence-corrected chi connectivity index (χ4v) is 3.33. The van der Waals surface area contributed by atoms with E-state index >= 15 is 0 Å². The summed E-state index contributed by atoms with van der Waals surface area (Å²) in [6.07, 6.45) is 4.00. The topological polar surface area (TPSA) is 69.2 Å². The molecule has 0 unspecified atom stereocenters. The standard InChI is InChI=1S/C22H33N5O2.HI/c1-3-15-29-20-8-6-5-7-18(20)16-24-22(23-4-2)27-13-11-26(12-14-27)17-21(28)25-19-9-10-19;/h3,5-8,19H,1,4,9-17H2,2H3,(H,23,24)(H,25,28);1H. The number of ether oxygens (including phenoxy) is 1. The number of rotatable bonds is 9. The number of hydrogen-bond acceptors (Lipinski definition) is 4. The molecule has 0 radical (unpaired) electrons. The van der Waals surface area contributed by atoms with Gasteiger partial charge in [-0.2, -0.15) is 0 Å². The van der Waals surface area contributed by atoms with E-state index < -0.39 is 0 Å². The highest BCUT2D eigenvalue weighted by atomic mass is 127. The number of carbonyl (C=O) groups is 1. The molecule has 2 aliphatic rings. The van der Waals surface area contributed by atoms with Crippen LogP contribution in [0.2, 0.25) is 0 Å². The first-order chi connectivity index (χ1) is 14.2. The maximum atomic E-state index is 12.0. The number of nitrogens with one attached hydrogen (secondary N) is 2. The molecule has 1 aromatic rings. The van der Waals surface area contributed by atoms with Crippen LogP contribution in [0.25, 0.3) is 0 Å². The number of piperazine rings is 1. The highest BCUT2D eigenvalue weighted by Gasteiger charge is 2.25. The first-order valence-corrected chi connectivity index (χ1v) is 10.6. The average molecular weight is 527 g/mol. The van der Waals surface area contributed by atoms with Crippen molar-refractivity contribution >= 4 is 35.8 Å². The van der Waals surface area contributed by atoms with Crippen molar-refractivity contribution in [3.8, 4) is 5.75 Å². The van der Waals surface area contributed by atoms with Crippen LogP contribution in [0.3, 0.4) is 0 Å². The number of nitrogens with zero attached hydrogens (tertiary/aromatic N) is 3. The zero-order chi connectivity index (χ0) is 20.5. The quantitative estimate of drug-likeness (QED) is 0.223. The lowest BCUT2D eigenvalue weighted by Crippen LogP contribution is -2.54. The Morgan fingerprint density at radius 2 is 2.00 bits per heavy atom. The Hall–Kier alpha value is -1.81. The third kappa shape index (κ3) is 7.79. The van der Waals surface area contributed by atoms with Gasteiger partial charge in [0.05, 0.1) is 13.1 Å². The summed E-state index contributed by atoms with van der Waals surface area (Å²) in [5.74, 6) is 1.91. The Balaban J connectivity index is 0.00000320. The van der Waals surface area contributed by atoms with Crippen LogP contribution in [-0.2, 0) is 11.3 Å². The summed E-state index contributed by atoms with van der Waals surface area (Å²) in [6.45, 7) is 11.6. The van der Waals surface area contributed by atoms with Crippen LogP contribution in [0.4, 0.5) is 0 Å². The lowest BCUT2D eigenvalue weighted by Gasteiger charge is -2.36. The molecule has 3 rings (SSSR count). The van der Waals surface area contributed by atoms with E-state index in [1.807, 2.05) is 24.3 Å². The molecule has 1 aromatic carbocycles. The molecule has 1 amide bonds. The van der Waals surface area contributed by atoms with Crippen LogP contribution in [0, 0.1) is 0 Å². The lowest BCUT2D eigenvalue weighted by atomic mass is 10.2. The summed E-state index contributed by atoms with van der Waals surface area (Å²) < 4.78 is 5.74. The van der Waals surface area contributed by atoms with Gasteiger partial charge in [0.25, 0.3) is 0 Å². The first-order valence-electron chi connectivity index (χ1n) is 10.6. The van der Waals surface area contributed by atoms with Gasteiger partial charge in [0.1, 0.15) is 12.4 Å². The van der Waals surface area contributed by atoms with Crippen LogP contribution < -0.4 is 15.4 Å². The van der Waals surface area contributed by atoms with Gasteiger partial charge in [0.15, 0.2) is 5.96 Å². The zero-order valence-electron chi connectivity index (χ0n) is 17.8. The zero-order valence-corrected chi connectivity index (χ0v) is 20.1. The minimum Gasteiger partial charge on any atom is -0.489 e. The molecule has 2 fully saturated rings. The average Bonchev–Trinajstić information content (AvgIpc) is 3.54. The monoisotopic (exact) mass is 527 g/mol. The second-order valence-corrected chi connectivity index (χ2v) is 7.48. The Bertz CT molecular complexity index is 715. The van der Waals surface area contributed by atoms with Crippen LogP contribution in [0.15, 0.2) is 41.9 Å². The normalized spacial score (nSPS) is 17.1. The number of aliphatic imine (C=N–C) groups is 1. The molecule has 0 atom stereocenters. The Morgan fingerprint density at radius 1 is 1.27 bits per heavy atom. The van der Waals surface area contributed by atoms with E-state index in [2.05, 4.69) is 33.9 Å². The van der Waals surface area contributed by atoms with E-state index in [1.165, 1.54) is 0 Å². The van der Waals surface area contributed by atoms with Gasteiger partial charge >= 0.3 is 0 Å². The molecular weight excluding hydrogens is 493 g/mol. The van der Waals surface area contributed by atoms with Crippen LogP contribution in [0.5, 0.6) is 5.75 Å².